The average molecular weight is 431 g/mol. The van der Waals surface area contributed by atoms with Crippen molar-refractivity contribution in [1.82, 2.24) is 10.6 Å². The summed E-state index contributed by atoms with van der Waals surface area (Å²) in [6.07, 6.45) is 0. The zero-order valence-corrected chi connectivity index (χ0v) is 18.3. The van der Waals surface area contributed by atoms with Gasteiger partial charge in [-0.1, -0.05) is 32.0 Å². The Morgan fingerprint density at radius 3 is 2.40 bits per heavy atom. The summed E-state index contributed by atoms with van der Waals surface area (Å²) in [5.41, 5.74) is 1.28. The van der Waals surface area contributed by atoms with Gasteiger partial charge in [-0.05, 0) is 36.6 Å². The minimum absolute atomic E-state index is 0.155. The Morgan fingerprint density at radius 2 is 1.77 bits per heavy atom. The van der Waals surface area contributed by atoms with Crippen molar-refractivity contribution in [3.8, 4) is 0 Å². The van der Waals surface area contributed by atoms with Gasteiger partial charge in [0.25, 0.3) is 5.91 Å². The van der Waals surface area contributed by atoms with E-state index in [1.807, 2.05) is 19.1 Å². The van der Waals surface area contributed by atoms with Crippen LogP contribution in [0.15, 0.2) is 36.4 Å². The highest BCUT2D eigenvalue weighted by atomic mass is 32.1. The zero-order valence-electron chi connectivity index (χ0n) is 17.5. The van der Waals surface area contributed by atoms with E-state index in [2.05, 4.69) is 10.6 Å². The number of Topliss-reactive ketones (excluding diaryl/α,β-unsaturated/α-hetero) is 1. The quantitative estimate of drug-likeness (QED) is 0.471. The molecule has 1 atom stereocenters. The highest BCUT2D eigenvalue weighted by molar-refractivity contribution is 7.14. The summed E-state index contributed by atoms with van der Waals surface area (Å²) in [6, 6.07) is 9.60. The number of amides is 2. The molecule has 0 saturated heterocycles. The third-order valence-electron chi connectivity index (χ3n) is 4.39. The van der Waals surface area contributed by atoms with Gasteiger partial charge in [0.2, 0.25) is 11.7 Å². The molecule has 0 unspecified atom stereocenters. The fraction of sp³-hybridized carbons (Fsp3) is 0.364. The van der Waals surface area contributed by atoms with Crippen LogP contribution < -0.4 is 10.6 Å². The first-order valence-electron chi connectivity index (χ1n) is 9.58. The Labute approximate surface area is 179 Å². The standard InChI is InChI=1S/C22H26N2O5S/c1-13(2)20(24-21(27)17-8-6-5-7-14(17)3)22(28)29-12-18(26)19-10-9-16(30-19)11-23-15(4)25/h5-10,13,20H,11-12H2,1-4H3,(H,23,25)(H,24,27)/t20-/m0/s1. The van der Waals surface area contributed by atoms with Gasteiger partial charge in [0.15, 0.2) is 6.61 Å². The molecule has 0 aliphatic carbocycles. The number of hydrogen-bond donors (Lipinski definition) is 2. The Hall–Kier alpha value is -3.00. The normalized spacial score (nSPS) is 11.6. The third-order valence-corrected chi connectivity index (χ3v) is 5.52. The summed E-state index contributed by atoms with van der Waals surface area (Å²) in [5.74, 6) is -1.73. The number of ether oxygens (including phenoxy) is 1. The Kier molecular flexibility index (Phi) is 8.29. The number of carbonyl (C=O) groups excluding carboxylic acids is 4. The maximum atomic E-state index is 12.5. The predicted octanol–water partition coefficient (Wildman–Crippen LogP) is 2.87. The topological polar surface area (TPSA) is 102 Å². The average Bonchev–Trinajstić information content (AvgIpc) is 3.17. The van der Waals surface area contributed by atoms with Crippen LogP contribution in [0.2, 0.25) is 0 Å². The van der Waals surface area contributed by atoms with E-state index in [4.69, 9.17) is 4.74 Å². The lowest BCUT2D eigenvalue weighted by Crippen LogP contribution is -2.45. The van der Waals surface area contributed by atoms with Crippen molar-refractivity contribution < 1.29 is 23.9 Å². The van der Waals surface area contributed by atoms with Crippen LogP contribution in [0.4, 0.5) is 0 Å². The Morgan fingerprint density at radius 1 is 1.07 bits per heavy atom. The first-order valence-corrected chi connectivity index (χ1v) is 10.4. The van der Waals surface area contributed by atoms with Crippen molar-refractivity contribution in [1.29, 1.82) is 0 Å². The molecule has 0 bridgehead atoms. The maximum Gasteiger partial charge on any atom is 0.329 e. The lowest BCUT2D eigenvalue weighted by molar-refractivity contribution is -0.146. The molecule has 8 heteroatoms. The monoisotopic (exact) mass is 430 g/mol. The number of thiophene rings is 1. The SMILES string of the molecule is CC(=O)NCc1ccc(C(=O)COC(=O)[C@@H](NC(=O)c2ccccc2C)C(C)C)s1. The number of esters is 1. The largest absolute Gasteiger partial charge is 0.456 e. The van der Waals surface area contributed by atoms with Crippen LogP contribution in [0.1, 0.15) is 51.2 Å². The van der Waals surface area contributed by atoms with Crippen LogP contribution in [0, 0.1) is 12.8 Å². The molecule has 0 spiro atoms. The van der Waals surface area contributed by atoms with Crippen LogP contribution >= 0.6 is 11.3 Å². The second kappa shape index (κ2) is 10.7. The van der Waals surface area contributed by atoms with Gasteiger partial charge in [-0.3, -0.25) is 14.4 Å². The molecule has 30 heavy (non-hydrogen) atoms. The molecule has 7 nitrogen and oxygen atoms in total. The Bertz CT molecular complexity index is 935. The fourth-order valence-electron chi connectivity index (χ4n) is 2.68. The first kappa shape index (κ1) is 23.3. The van der Waals surface area contributed by atoms with Gasteiger partial charge >= 0.3 is 5.97 Å². The van der Waals surface area contributed by atoms with Crippen molar-refractivity contribution in [2.45, 2.75) is 40.3 Å². The maximum absolute atomic E-state index is 12.5. The molecule has 0 radical (unpaired) electrons. The highest BCUT2D eigenvalue weighted by Crippen LogP contribution is 2.17. The molecule has 0 aliphatic rings. The van der Waals surface area contributed by atoms with Crippen LogP contribution in [-0.2, 0) is 20.9 Å². The van der Waals surface area contributed by atoms with E-state index in [0.29, 0.717) is 17.0 Å². The van der Waals surface area contributed by atoms with E-state index in [1.165, 1.54) is 18.3 Å². The third kappa shape index (κ3) is 6.52. The molecular weight excluding hydrogens is 404 g/mol. The summed E-state index contributed by atoms with van der Waals surface area (Å²) in [4.78, 5) is 49.6. The van der Waals surface area contributed by atoms with Crippen molar-refractivity contribution in [3.05, 3.63) is 57.3 Å². The molecule has 1 heterocycles. The molecule has 2 N–H and O–H groups in total. The first-order chi connectivity index (χ1) is 14.2. The summed E-state index contributed by atoms with van der Waals surface area (Å²) < 4.78 is 5.19. The van der Waals surface area contributed by atoms with Crippen LogP contribution in [0.25, 0.3) is 0 Å². The van der Waals surface area contributed by atoms with Crippen molar-refractivity contribution in [2.75, 3.05) is 6.61 Å². The van der Waals surface area contributed by atoms with E-state index in [9.17, 15) is 19.2 Å². The molecule has 0 saturated carbocycles. The van der Waals surface area contributed by atoms with Crippen molar-refractivity contribution >= 4 is 34.9 Å². The second-order valence-corrected chi connectivity index (χ2v) is 8.38. The predicted molar refractivity (Wildman–Crippen MR) is 114 cm³/mol. The van der Waals surface area contributed by atoms with Crippen LogP contribution in [-0.4, -0.2) is 36.2 Å². The molecule has 160 valence electrons. The van der Waals surface area contributed by atoms with E-state index in [-0.39, 0.29) is 23.5 Å². The van der Waals surface area contributed by atoms with Crippen molar-refractivity contribution in [2.24, 2.45) is 5.92 Å². The molecule has 2 rings (SSSR count). The molecule has 0 aliphatic heterocycles. The number of nitrogens with one attached hydrogen (secondary N) is 2. The Balaban J connectivity index is 1.95. The minimum Gasteiger partial charge on any atom is -0.456 e. The van der Waals surface area contributed by atoms with Gasteiger partial charge in [-0.25, -0.2) is 4.79 Å². The molecule has 2 aromatic rings. The minimum atomic E-state index is -0.872. The van der Waals surface area contributed by atoms with Crippen LogP contribution in [0.5, 0.6) is 0 Å². The lowest BCUT2D eigenvalue weighted by atomic mass is 10.0. The lowest BCUT2D eigenvalue weighted by Gasteiger charge is -2.21. The fourth-order valence-corrected chi connectivity index (χ4v) is 3.55. The number of aryl methyl sites for hydroxylation is 1. The molecule has 2 amide bonds. The molecule has 0 fully saturated rings. The molecule has 1 aromatic heterocycles. The number of benzene rings is 1. The summed E-state index contributed by atoms with van der Waals surface area (Å²) in [7, 11) is 0. The molecular formula is C22H26N2O5S. The smallest absolute Gasteiger partial charge is 0.329 e. The van der Waals surface area contributed by atoms with E-state index >= 15 is 0 Å². The van der Waals surface area contributed by atoms with Crippen LogP contribution in [0.3, 0.4) is 0 Å². The number of hydrogen-bond acceptors (Lipinski definition) is 6. The van der Waals surface area contributed by atoms with Gasteiger partial charge in [-0.15, -0.1) is 11.3 Å². The van der Waals surface area contributed by atoms with Gasteiger partial charge in [0.1, 0.15) is 6.04 Å². The number of ketones is 1. The number of rotatable bonds is 9. The summed E-state index contributed by atoms with van der Waals surface area (Å²) >= 11 is 1.23. The van der Waals surface area contributed by atoms with E-state index in [1.54, 1.807) is 38.1 Å². The zero-order chi connectivity index (χ0) is 22.3. The molecule has 1 aromatic carbocycles. The van der Waals surface area contributed by atoms with Gasteiger partial charge in [0.05, 0.1) is 11.4 Å². The van der Waals surface area contributed by atoms with E-state index < -0.39 is 18.6 Å². The second-order valence-electron chi connectivity index (χ2n) is 7.22. The van der Waals surface area contributed by atoms with E-state index in [0.717, 1.165) is 10.4 Å². The number of carbonyl (C=O) groups is 4. The van der Waals surface area contributed by atoms with Gasteiger partial charge in [0, 0.05) is 17.4 Å². The summed E-state index contributed by atoms with van der Waals surface area (Å²) in [5, 5.41) is 5.37. The summed E-state index contributed by atoms with van der Waals surface area (Å²) in [6.45, 7) is 6.74. The van der Waals surface area contributed by atoms with Crippen molar-refractivity contribution in [3.63, 3.8) is 0 Å². The van der Waals surface area contributed by atoms with Gasteiger partial charge in [-0.2, -0.15) is 0 Å². The highest BCUT2D eigenvalue weighted by Gasteiger charge is 2.27. The van der Waals surface area contributed by atoms with Gasteiger partial charge < -0.3 is 15.4 Å².